The minimum Gasteiger partial charge on any atom is -0.358 e. The zero-order valence-electron chi connectivity index (χ0n) is 11.9. The molecule has 0 radical (unpaired) electrons. The fraction of sp³-hybridized carbons (Fsp3) is 0.467. The van der Waals surface area contributed by atoms with Crippen LogP contribution in [0.1, 0.15) is 38.2 Å². The summed E-state index contributed by atoms with van der Waals surface area (Å²) in [7, 11) is 0. The summed E-state index contributed by atoms with van der Waals surface area (Å²) in [5, 5.41) is 7.37. The van der Waals surface area contributed by atoms with Gasteiger partial charge in [0.1, 0.15) is 11.6 Å². The molecule has 114 valence electrons. The van der Waals surface area contributed by atoms with E-state index in [-0.39, 0.29) is 5.56 Å². The number of nitrogens with zero attached hydrogens (tertiary/aromatic N) is 1. The first kappa shape index (κ1) is 15.8. The van der Waals surface area contributed by atoms with Crippen LogP contribution in [0.5, 0.6) is 0 Å². The van der Waals surface area contributed by atoms with E-state index in [9.17, 15) is 8.78 Å². The quantitative estimate of drug-likeness (QED) is 0.511. The van der Waals surface area contributed by atoms with Crippen LogP contribution in [0.3, 0.4) is 0 Å². The highest BCUT2D eigenvalue weighted by molar-refractivity contribution is 7.80. The van der Waals surface area contributed by atoms with E-state index < -0.39 is 11.6 Å². The molecule has 2 atom stereocenters. The van der Waals surface area contributed by atoms with Crippen LogP contribution in [0.4, 0.5) is 8.78 Å². The van der Waals surface area contributed by atoms with E-state index in [0.29, 0.717) is 17.1 Å². The molecule has 0 aromatic heterocycles. The summed E-state index contributed by atoms with van der Waals surface area (Å²) in [6.45, 7) is 2.19. The molecule has 0 bridgehead atoms. The monoisotopic (exact) mass is 311 g/mol. The number of hydrogen-bond acceptors (Lipinski definition) is 2. The van der Waals surface area contributed by atoms with Crippen molar-refractivity contribution in [2.45, 2.75) is 38.6 Å². The smallest absolute Gasteiger partial charge is 0.187 e. The average molecular weight is 311 g/mol. The lowest BCUT2D eigenvalue weighted by Crippen LogP contribution is -2.44. The van der Waals surface area contributed by atoms with Crippen molar-refractivity contribution < 1.29 is 8.78 Å². The predicted molar refractivity (Wildman–Crippen MR) is 84.2 cm³/mol. The Morgan fingerprint density at radius 2 is 1.95 bits per heavy atom. The fourth-order valence-electron chi connectivity index (χ4n) is 2.52. The van der Waals surface area contributed by atoms with E-state index in [0.717, 1.165) is 12.6 Å². The highest BCUT2D eigenvalue weighted by atomic mass is 32.1. The van der Waals surface area contributed by atoms with Crippen LogP contribution >= 0.6 is 12.2 Å². The van der Waals surface area contributed by atoms with Crippen LogP contribution in [0.15, 0.2) is 23.3 Å². The molecule has 1 fully saturated rings. The van der Waals surface area contributed by atoms with Gasteiger partial charge in [-0.2, -0.15) is 5.10 Å². The van der Waals surface area contributed by atoms with Gasteiger partial charge in [0, 0.05) is 6.04 Å². The predicted octanol–water partition coefficient (Wildman–Crippen LogP) is 3.34. The maximum Gasteiger partial charge on any atom is 0.187 e. The lowest BCUT2D eigenvalue weighted by molar-refractivity contribution is 0.308. The summed E-state index contributed by atoms with van der Waals surface area (Å²) in [6.07, 6.45) is 5.81. The zero-order valence-corrected chi connectivity index (χ0v) is 12.7. The Kier molecular flexibility index (Phi) is 5.61. The second-order valence-electron chi connectivity index (χ2n) is 5.35. The maximum absolute atomic E-state index is 13.4. The van der Waals surface area contributed by atoms with Gasteiger partial charge in [-0.3, -0.25) is 5.43 Å². The average Bonchev–Trinajstić information content (AvgIpc) is 2.45. The van der Waals surface area contributed by atoms with Crippen LogP contribution in [-0.4, -0.2) is 17.4 Å². The summed E-state index contributed by atoms with van der Waals surface area (Å²) in [6, 6.07) is 4.01. The largest absolute Gasteiger partial charge is 0.358 e. The van der Waals surface area contributed by atoms with Crippen molar-refractivity contribution in [2.75, 3.05) is 0 Å². The second kappa shape index (κ2) is 7.45. The Hall–Kier alpha value is -1.56. The number of hydrogen-bond donors (Lipinski definition) is 2. The van der Waals surface area contributed by atoms with Crippen molar-refractivity contribution in [1.82, 2.24) is 10.7 Å². The van der Waals surface area contributed by atoms with E-state index in [1.54, 1.807) is 0 Å². The summed E-state index contributed by atoms with van der Waals surface area (Å²) in [5.41, 5.74) is 2.43. The Morgan fingerprint density at radius 1 is 1.29 bits per heavy atom. The van der Waals surface area contributed by atoms with Gasteiger partial charge in [0.2, 0.25) is 0 Å². The molecule has 1 aliphatic rings. The van der Waals surface area contributed by atoms with Gasteiger partial charge in [-0.1, -0.05) is 25.8 Å². The highest BCUT2D eigenvalue weighted by Gasteiger charge is 2.21. The second-order valence-corrected chi connectivity index (χ2v) is 5.76. The van der Waals surface area contributed by atoms with Gasteiger partial charge in [-0.15, -0.1) is 0 Å². The third kappa shape index (κ3) is 4.46. The molecule has 2 rings (SSSR count). The van der Waals surface area contributed by atoms with Crippen molar-refractivity contribution in [1.29, 1.82) is 0 Å². The van der Waals surface area contributed by atoms with Crippen LogP contribution in [0.2, 0.25) is 0 Å². The minimum atomic E-state index is -0.652. The Labute approximate surface area is 128 Å². The van der Waals surface area contributed by atoms with Crippen molar-refractivity contribution in [3.8, 4) is 0 Å². The molecule has 1 aliphatic carbocycles. The van der Waals surface area contributed by atoms with Crippen molar-refractivity contribution >= 4 is 23.5 Å². The Balaban J connectivity index is 1.87. The number of benzene rings is 1. The summed E-state index contributed by atoms with van der Waals surface area (Å²) in [5.74, 6) is -0.743. The topological polar surface area (TPSA) is 36.4 Å². The molecule has 3 nitrogen and oxygen atoms in total. The number of halogens is 2. The summed E-state index contributed by atoms with van der Waals surface area (Å²) >= 11 is 5.15. The first-order valence-corrected chi connectivity index (χ1v) is 7.52. The van der Waals surface area contributed by atoms with Gasteiger partial charge >= 0.3 is 0 Å². The minimum absolute atomic E-state index is 0.182. The lowest BCUT2D eigenvalue weighted by Gasteiger charge is -2.30. The highest BCUT2D eigenvalue weighted by Crippen LogP contribution is 2.23. The van der Waals surface area contributed by atoms with E-state index in [2.05, 4.69) is 22.8 Å². The molecular formula is C15H19F2N3S. The van der Waals surface area contributed by atoms with Gasteiger partial charge in [0.25, 0.3) is 0 Å². The zero-order chi connectivity index (χ0) is 15.2. The molecular weight excluding hydrogens is 292 g/mol. The van der Waals surface area contributed by atoms with E-state index in [1.165, 1.54) is 37.5 Å². The van der Waals surface area contributed by atoms with Crippen LogP contribution in [-0.2, 0) is 0 Å². The number of thiocarbonyl (C=S) groups is 1. The Bertz CT molecular complexity index is 513. The number of rotatable bonds is 3. The van der Waals surface area contributed by atoms with Crippen molar-refractivity contribution in [2.24, 2.45) is 11.0 Å². The first-order chi connectivity index (χ1) is 10.1. The molecule has 0 amide bonds. The third-order valence-corrected chi connectivity index (χ3v) is 4.00. The molecule has 2 N–H and O–H groups in total. The van der Waals surface area contributed by atoms with Gasteiger partial charge in [0.05, 0.1) is 11.8 Å². The lowest BCUT2D eigenvalue weighted by atomic mass is 9.86. The fourth-order valence-corrected chi connectivity index (χ4v) is 2.72. The number of hydrazone groups is 1. The van der Waals surface area contributed by atoms with E-state index >= 15 is 0 Å². The van der Waals surface area contributed by atoms with Crippen LogP contribution < -0.4 is 10.7 Å². The third-order valence-electron chi connectivity index (χ3n) is 3.79. The molecule has 21 heavy (non-hydrogen) atoms. The van der Waals surface area contributed by atoms with Crippen molar-refractivity contribution in [3.05, 3.63) is 35.4 Å². The van der Waals surface area contributed by atoms with Crippen LogP contribution in [0.25, 0.3) is 0 Å². The molecule has 0 aliphatic heterocycles. The van der Waals surface area contributed by atoms with Crippen LogP contribution in [0, 0.1) is 17.6 Å². The van der Waals surface area contributed by atoms with E-state index in [4.69, 9.17) is 12.2 Å². The summed E-state index contributed by atoms with van der Waals surface area (Å²) in [4.78, 5) is 0. The van der Waals surface area contributed by atoms with Gasteiger partial charge in [-0.05, 0) is 43.1 Å². The SMILES string of the molecule is C[C@H]1CCCC[C@H]1NC(=S)N/N=C\c1c(F)cccc1F. The molecule has 1 aromatic carbocycles. The molecule has 0 spiro atoms. The van der Waals surface area contributed by atoms with E-state index in [1.807, 2.05) is 0 Å². The van der Waals surface area contributed by atoms with Gasteiger partial charge in [-0.25, -0.2) is 8.78 Å². The maximum atomic E-state index is 13.4. The molecule has 0 heterocycles. The van der Waals surface area contributed by atoms with Crippen molar-refractivity contribution in [3.63, 3.8) is 0 Å². The molecule has 6 heteroatoms. The van der Waals surface area contributed by atoms with Gasteiger partial charge < -0.3 is 5.32 Å². The van der Waals surface area contributed by atoms with Gasteiger partial charge in [0.15, 0.2) is 5.11 Å². The molecule has 0 saturated heterocycles. The molecule has 1 aromatic rings. The normalized spacial score (nSPS) is 22.2. The first-order valence-electron chi connectivity index (χ1n) is 7.11. The molecule has 0 unspecified atom stereocenters. The standard InChI is InChI=1S/C15H19F2N3S/c1-10-5-2-3-8-14(10)19-15(21)20-18-9-11-12(16)6-4-7-13(11)17/h4,6-7,9-10,14H,2-3,5,8H2,1H3,(H2,19,20,21)/b18-9-/t10-,14+/m0/s1. The number of nitrogens with one attached hydrogen (secondary N) is 2. The Morgan fingerprint density at radius 3 is 2.62 bits per heavy atom. The summed E-state index contributed by atoms with van der Waals surface area (Å²) < 4.78 is 26.8. The molecule has 1 saturated carbocycles.